The Morgan fingerprint density at radius 3 is 2.71 bits per heavy atom. The van der Waals surface area contributed by atoms with Gasteiger partial charge in [0.1, 0.15) is 17.6 Å². The van der Waals surface area contributed by atoms with Gasteiger partial charge >= 0.3 is 0 Å². The smallest absolute Gasteiger partial charge is 0.295 e. The van der Waals surface area contributed by atoms with Gasteiger partial charge in [-0.25, -0.2) is 0 Å². The van der Waals surface area contributed by atoms with Crippen LogP contribution in [0.5, 0.6) is 5.75 Å². The van der Waals surface area contributed by atoms with Gasteiger partial charge in [0, 0.05) is 25.1 Å². The lowest BCUT2D eigenvalue weighted by Crippen LogP contribution is -2.36. The molecule has 2 fully saturated rings. The number of hydrogen-bond donors (Lipinski definition) is 1. The van der Waals surface area contributed by atoms with Crippen molar-refractivity contribution < 1.29 is 24.2 Å². The van der Waals surface area contributed by atoms with Crippen LogP contribution in [0.4, 0.5) is 0 Å². The van der Waals surface area contributed by atoms with Crippen molar-refractivity contribution in [3.05, 3.63) is 70.8 Å². The van der Waals surface area contributed by atoms with Crippen LogP contribution in [0.2, 0.25) is 0 Å². The summed E-state index contributed by atoms with van der Waals surface area (Å²) in [5, 5.41) is 11.2. The van der Waals surface area contributed by atoms with E-state index < -0.39 is 17.7 Å². The molecule has 2 aromatic carbocycles. The van der Waals surface area contributed by atoms with Crippen LogP contribution < -0.4 is 4.74 Å². The van der Waals surface area contributed by atoms with E-state index in [2.05, 4.69) is 0 Å². The highest BCUT2D eigenvalue weighted by atomic mass is 16.5. The van der Waals surface area contributed by atoms with Gasteiger partial charge in [-0.1, -0.05) is 30.3 Å². The van der Waals surface area contributed by atoms with Crippen molar-refractivity contribution in [3.8, 4) is 5.75 Å². The molecular formula is C25H25NO5. The van der Waals surface area contributed by atoms with Gasteiger partial charge in [-0.2, -0.15) is 0 Å². The number of rotatable bonds is 4. The standard InChI is InChI=1S/C25H25NO5/c1-15-12-18-13-17(9-10-20(18)31-15)23(27)21-22(16-6-3-2-4-7-16)26(25(29)24(21)28)14-19-8-5-11-30-19/h2-4,6-7,9-10,13,15,19,22,27H,5,8,11-12,14H2,1H3/t15-,19-,22+/m0/s1. The van der Waals surface area contributed by atoms with Crippen LogP contribution in [0.1, 0.15) is 42.5 Å². The molecule has 0 saturated carbocycles. The van der Waals surface area contributed by atoms with E-state index in [9.17, 15) is 14.7 Å². The number of carbonyl (C=O) groups is 2. The van der Waals surface area contributed by atoms with Gasteiger partial charge in [-0.05, 0) is 49.1 Å². The first-order chi connectivity index (χ1) is 15.0. The molecule has 160 valence electrons. The average molecular weight is 419 g/mol. The van der Waals surface area contributed by atoms with Crippen LogP contribution in [0, 0.1) is 0 Å². The SMILES string of the molecule is C[C@H]1Cc2cc(C(O)=C3C(=O)C(=O)N(C[C@@H]4CCCO4)[C@@H]3c3ccccc3)ccc2O1. The molecule has 1 amide bonds. The lowest BCUT2D eigenvalue weighted by Gasteiger charge is -2.27. The van der Waals surface area contributed by atoms with Crippen LogP contribution in [0.25, 0.3) is 5.76 Å². The van der Waals surface area contributed by atoms with Crippen LogP contribution >= 0.6 is 0 Å². The zero-order valence-corrected chi connectivity index (χ0v) is 17.4. The summed E-state index contributed by atoms with van der Waals surface area (Å²) in [5.41, 5.74) is 2.43. The van der Waals surface area contributed by atoms with Crippen molar-refractivity contribution in [2.45, 2.75) is 44.4 Å². The molecule has 1 N–H and O–H groups in total. The molecule has 2 aromatic rings. The van der Waals surface area contributed by atoms with Crippen LogP contribution in [0.3, 0.4) is 0 Å². The highest BCUT2D eigenvalue weighted by Gasteiger charge is 2.47. The molecule has 6 nitrogen and oxygen atoms in total. The highest BCUT2D eigenvalue weighted by Crippen LogP contribution is 2.41. The number of ether oxygens (including phenoxy) is 2. The summed E-state index contributed by atoms with van der Waals surface area (Å²) in [6.07, 6.45) is 2.52. The number of aliphatic hydroxyl groups excluding tert-OH is 1. The molecule has 3 heterocycles. The molecule has 0 bridgehead atoms. The lowest BCUT2D eigenvalue weighted by molar-refractivity contribution is -0.140. The van der Waals surface area contributed by atoms with Crippen molar-refractivity contribution in [2.75, 3.05) is 13.2 Å². The van der Waals surface area contributed by atoms with Crippen molar-refractivity contribution in [1.82, 2.24) is 4.90 Å². The fourth-order valence-corrected chi connectivity index (χ4v) is 4.78. The maximum Gasteiger partial charge on any atom is 0.295 e. The van der Waals surface area contributed by atoms with Gasteiger partial charge in [0.15, 0.2) is 0 Å². The molecule has 3 atom stereocenters. The van der Waals surface area contributed by atoms with Crippen molar-refractivity contribution >= 4 is 17.4 Å². The average Bonchev–Trinajstić information content (AvgIpc) is 3.48. The third-order valence-electron chi connectivity index (χ3n) is 6.25. The first-order valence-electron chi connectivity index (χ1n) is 10.8. The Hall–Kier alpha value is -3.12. The number of ketones is 1. The summed E-state index contributed by atoms with van der Waals surface area (Å²) in [6.45, 7) is 2.99. The second-order valence-corrected chi connectivity index (χ2v) is 8.45. The largest absolute Gasteiger partial charge is 0.507 e. The summed E-state index contributed by atoms with van der Waals surface area (Å²) in [4.78, 5) is 27.7. The normalized spacial score (nSPS) is 26.9. The van der Waals surface area contributed by atoms with Crippen molar-refractivity contribution in [3.63, 3.8) is 0 Å². The molecule has 3 aliphatic rings. The number of nitrogens with zero attached hydrogens (tertiary/aromatic N) is 1. The minimum Gasteiger partial charge on any atom is -0.507 e. The van der Waals surface area contributed by atoms with E-state index in [1.807, 2.05) is 49.4 Å². The second kappa shape index (κ2) is 7.85. The Kier molecular flexibility index (Phi) is 5.02. The molecule has 0 unspecified atom stereocenters. The maximum absolute atomic E-state index is 13.1. The lowest BCUT2D eigenvalue weighted by atomic mass is 9.94. The predicted octanol–water partition coefficient (Wildman–Crippen LogP) is 3.61. The molecule has 2 saturated heterocycles. The van der Waals surface area contributed by atoms with Gasteiger partial charge in [0.25, 0.3) is 11.7 Å². The molecule has 5 rings (SSSR count). The number of carbonyl (C=O) groups excluding carboxylic acids is 2. The third kappa shape index (κ3) is 3.51. The summed E-state index contributed by atoms with van der Waals surface area (Å²) in [7, 11) is 0. The zero-order valence-electron chi connectivity index (χ0n) is 17.4. The monoisotopic (exact) mass is 419 g/mol. The van der Waals surface area contributed by atoms with E-state index in [1.54, 1.807) is 11.0 Å². The van der Waals surface area contributed by atoms with Gasteiger partial charge < -0.3 is 19.5 Å². The Bertz CT molecular complexity index is 1050. The van der Waals surface area contributed by atoms with Gasteiger partial charge in [-0.15, -0.1) is 0 Å². The van der Waals surface area contributed by atoms with Crippen molar-refractivity contribution in [1.29, 1.82) is 0 Å². The number of aliphatic hydroxyl groups is 1. The highest BCUT2D eigenvalue weighted by molar-refractivity contribution is 6.46. The molecule has 0 aliphatic carbocycles. The summed E-state index contributed by atoms with van der Waals surface area (Å²) in [6, 6.07) is 14.1. The fraction of sp³-hybridized carbons (Fsp3) is 0.360. The van der Waals surface area contributed by atoms with E-state index in [-0.39, 0.29) is 23.5 Å². The van der Waals surface area contributed by atoms with E-state index in [4.69, 9.17) is 9.47 Å². The van der Waals surface area contributed by atoms with Gasteiger partial charge in [0.2, 0.25) is 0 Å². The van der Waals surface area contributed by atoms with Crippen molar-refractivity contribution in [2.24, 2.45) is 0 Å². The maximum atomic E-state index is 13.1. The van der Waals surface area contributed by atoms with Crippen LogP contribution in [-0.2, 0) is 20.7 Å². The number of benzene rings is 2. The first kappa shape index (κ1) is 19.8. The predicted molar refractivity (Wildman–Crippen MR) is 115 cm³/mol. The molecule has 31 heavy (non-hydrogen) atoms. The zero-order chi connectivity index (χ0) is 21.5. The molecule has 0 radical (unpaired) electrons. The summed E-state index contributed by atoms with van der Waals surface area (Å²) < 4.78 is 11.5. The Labute approximate surface area is 181 Å². The minimum absolute atomic E-state index is 0.0775. The van der Waals surface area contributed by atoms with E-state index in [1.165, 1.54) is 0 Å². The Morgan fingerprint density at radius 1 is 1.16 bits per heavy atom. The first-order valence-corrected chi connectivity index (χ1v) is 10.8. The molecular weight excluding hydrogens is 394 g/mol. The van der Waals surface area contributed by atoms with Crippen LogP contribution in [-0.4, -0.2) is 47.1 Å². The molecule has 3 aliphatic heterocycles. The summed E-state index contributed by atoms with van der Waals surface area (Å²) in [5.74, 6) is -0.606. The minimum atomic E-state index is -0.658. The van der Waals surface area contributed by atoms with E-state index >= 15 is 0 Å². The van der Waals surface area contributed by atoms with Gasteiger partial charge in [-0.3, -0.25) is 9.59 Å². The third-order valence-corrected chi connectivity index (χ3v) is 6.25. The Balaban J connectivity index is 1.59. The molecule has 0 spiro atoms. The number of likely N-dealkylation sites (tertiary alicyclic amines) is 1. The fourth-order valence-electron chi connectivity index (χ4n) is 4.78. The van der Waals surface area contributed by atoms with E-state index in [0.717, 1.165) is 36.1 Å². The van der Waals surface area contributed by atoms with E-state index in [0.29, 0.717) is 18.7 Å². The Morgan fingerprint density at radius 2 is 1.97 bits per heavy atom. The summed E-state index contributed by atoms with van der Waals surface area (Å²) >= 11 is 0. The number of fused-ring (bicyclic) bond motifs is 1. The quantitative estimate of drug-likeness (QED) is 0.466. The van der Waals surface area contributed by atoms with Gasteiger partial charge in [0.05, 0.1) is 17.7 Å². The molecule has 6 heteroatoms. The topological polar surface area (TPSA) is 76.1 Å². The number of hydrogen-bond acceptors (Lipinski definition) is 5. The number of Topliss-reactive ketones (excluding diaryl/α,β-unsaturated/α-hetero) is 1. The van der Waals surface area contributed by atoms with Crippen LogP contribution in [0.15, 0.2) is 54.1 Å². The molecule has 0 aromatic heterocycles. The second-order valence-electron chi connectivity index (χ2n) is 8.45. The number of amides is 1.